The van der Waals surface area contributed by atoms with Crippen LogP contribution >= 0.6 is 0 Å². The molecule has 0 atom stereocenters. The van der Waals surface area contributed by atoms with Crippen molar-refractivity contribution in [3.05, 3.63) is 235 Å². The topological polar surface area (TPSA) is 35.2 Å². The van der Waals surface area contributed by atoms with Gasteiger partial charge in [0.25, 0.3) is 0 Å². The Morgan fingerprint density at radius 2 is 0.976 bits per heavy atom. The Hall–Kier alpha value is -8.11. The Bertz CT molecular complexity index is 4570. The average Bonchev–Trinajstić information content (AvgIpc) is 4.24. The molecule has 6 heteroatoms. The minimum atomic E-state index is -0.113. The Balaban J connectivity index is 0.00000665. The maximum Gasteiger partial charge on any atom is 0.135 e. The standard InChI is InChI=1S/C76H69N4O.Pt/c1-73(2,3)51-32-30-48(31-33-51)49-40-50(42-54(41-49)76(10,11)12)58-26-18-27-64-61-24-15-13-22-59(61)60-23-14-16-25-62(60)65-28-19-29-68-72(65)79(71(58)64)47-78(68)55-20-17-21-56(45-55)81-57-35-36-63-66-43-52(74(4,5)6)34-37-67(66)80(69(63)46-57)70-44-53(38-39-77-70)75(7,8)9;/h13-44,47H,1-12H3;/q-3;. The third-order valence-electron chi connectivity index (χ3n) is 16.5. The summed E-state index contributed by atoms with van der Waals surface area (Å²) in [5, 5.41) is 9.28. The summed E-state index contributed by atoms with van der Waals surface area (Å²) in [4.78, 5) is 7.26. The van der Waals surface area contributed by atoms with Crippen LogP contribution in [0, 0.1) is 18.8 Å². The van der Waals surface area contributed by atoms with Gasteiger partial charge >= 0.3 is 0 Å². The summed E-state index contributed by atoms with van der Waals surface area (Å²) in [6.07, 6.45) is 1.92. The second-order valence-corrected chi connectivity index (χ2v) is 26.3. The van der Waals surface area contributed by atoms with Crippen LogP contribution in [-0.2, 0) is 42.7 Å². The van der Waals surface area contributed by atoms with Crippen LogP contribution in [0.2, 0.25) is 0 Å². The van der Waals surface area contributed by atoms with Gasteiger partial charge in [0.1, 0.15) is 5.82 Å². The van der Waals surface area contributed by atoms with Crippen molar-refractivity contribution in [1.29, 1.82) is 0 Å². The van der Waals surface area contributed by atoms with E-state index in [0.717, 1.165) is 71.9 Å². The normalized spacial score (nSPS) is 12.9. The van der Waals surface area contributed by atoms with Crippen LogP contribution in [0.25, 0.3) is 93.2 Å². The molecule has 4 heterocycles. The fourth-order valence-electron chi connectivity index (χ4n) is 11.9. The van der Waals surface area contributed by atoms with Gasteiger partial charge in [-0.05, 0) is 152 Å². The number of ether oxygens (including phenoxy) is 1. The zero-order chi connectivity index (χ0) is 56.3. The van der Waals surface area contributed by atoms with E-state index in [1.54, 1.807) is 0 Å². The molecule has 0 amide bonds. The predicted octanol–water partition coefficient (Wildman–Crippen LogP) is 20.8. The fraction of sp³-hybridized carbons (Fsp3) is 0.211. The molecule has 0 saturated heterocycles. The molecule has 0 spiro atoms. The summed E-state index contributed by atoms with van der Waals surface area (Å²) in [6, 6.07) is 76.8. The minimum Gasteiger partial charge on any atom is -0.509 e. The molecule has 5 nitrogen and oxygen atoms in total. The second-order valence-electron chi connectivity index (χ2n) is 26.3. The van der Waals surface area contributed by atoms with E-state index in [0.29, 0.717) is 11.5 Å². The molecule has 1 aliphatic heterocycles. The van der Waals surface area contributed by atoms with E-state index in [1.165, 1.54) is 54.9 Å². The minimum absolute atomic E-state index is 0. The fourth-order valence-corrected chi connectivity index (χ4v) is 11.9. The predicted molar refractivity (Wildman–Crippen MR) is 342 cm³/mol. The molecule has 0 radical (unpaired) electrons. The molecule has 0 bridgehead atoms. The van der Waals surface area contributed by atoms with Gasteiger partial charge < -0.3 is 18.8 Å². The zero-order valence-electron chi connectivity index (χ0n) is 49.1. The third kappa shape index (κ3) is 9.61. The van der Waals surface area contributed by atoms with Gasteiger partial charge in [0.05, 0.1) is 0 Å². The summed E-state index contributed by atoms with van der Waals surface area (Å²) < 4.78 is 11.6. The van der Waals surface area contributed by atoms with Crippen molar-refractivity contribution in [2.24, 2.45) is 0 Å². The van der Waals surface area contributed by atoms with E-state index in [-0.39, 0.29) is 42.7 Å². The van der Waals surface area contributed by atoms with Gasteiger partial charge in [-0.25, -0.2) is 4.98 Å². The first kappa shape index (κ1) is 54.5. The number of nitrogens with zero attached hydrogens (tertiary/aromatic N) is 4. The van der Waals surface area contributed by atoms with E-state index >= 15 is 0 Å². The van der Waals surface area contributed by atoms with Crippen LogP contribution < -0.4 is 9.64 Å². The Kier molecular flexibility index (Phi) is 13.4. The number of para-hydroxylation sites is 2. The molecular formula is C76H69N4OPt-3. The zero-order valence-corrected chi connectivity index (χ0v) is 51.3. The van der Waals surface area contributed by atoms with E-state index < -0.39 is 0 Å². The number of benzene rings is 9. The van der Waals surface area contributed by atoms with E-state index in [4.69, 9.17) is 9.72 Å². The van der Waals surface area contributed by atoms with E-state index in [1.807, 2.05) is 18.3 Å². The molecular weight excluding hydrogens is 1180 g/mol. The SMILES string of the molecule is CC(C)(C)c1ccc(-c2cc(-c3cccc4c5ccccc5c5ccccc5c5cccc6c5n(c34)[CH-]N6c3[c-]c(Oc4[c-]c5c(cc4)c4cc(C(C)(C)C)ccc4n5-c4cc(C(C)(C)C)ccn4)ccc3)cc(C(C)(C)C)c2)cc1.[Pt]. The quantitative estimate of drug-likeness (QED) is 0.156. The van der Waals surface area contributed by atoms with Crippen molar-refractivity contribution in [3.63, 3.8) is 0 Å². The van der Waals surface area contributed by atoms with Crippen molar-refractivity contribution < 1.29 is 25.8 Å². The molecule has 0 fully saturated rings. The van der Waals surface area contributed by atoms with E-state index in [9.17, 15) is 0 Å². The summed E-state index contributed by atoms with van der Waals surface area (Å²) in [5.41, 5.74) is 15.7. The first-order valence-electron chi connectivity index (χ1n) is 28.5. The van der Waals surface area contributed by atoms with Crippen LogP contribution in [-0.4, -0.2) is 14.1 Å². The van der Waals surface area contributed by atoms with Crippen molar-refractivity contribution in [2.45, 2.75) is 105 Å². The van der Waals surface area contributed by atoms with Crippen molar-refractivity contribution in [3.8, 4) is 39.6 Å². The number of rotatable bonds is 6. The summed E-state index contributed by atoms with van der Waals surface area (Å²) in [6.45, 7) is 29.6. The van der Waals surface area contributed by atoms with Gasteiger partial charge in [0.2, 0.25) is 0 Å². The van der Waals surface area contributed by atoms with Gasteiger partial charge in [-0.1, -0.05) is 222 Å². The second kappa shape index (κ2) is 20.1. The Morgan fingerprint density at radius 3 is 1.63 bits per heavy atom. The van der Waals surface area contributed by atoms with Gasteiger partial charge in [0, 0.05) is 50.0 Å². The summed E-state index contributed by atoms with van der Waals surface area (Å²) in [5.74, 6) is 2.03. The number of hydrogen-bond acceptors (Lipinski definition) is 3. The first-order chi connectivity index (χ1) is 38.7. The number of hydrogen-bond donors (Lipinski definition) is 0. The third-order valence-corrected chi connectivity index (χ3v) is 16.5. The summed E-state index contributed by atoms with van der Waals surface area (Å²) >= 11 is 0. The average molecular weight is 1250 g/mol. The van der Waals surface area contributed by atoms with Crippen LogP contribution in [0.4, 0.5) is 11.4 Å². The van der Waals surface area contributed by atoms with Gasteiger partial charge in [0.15, 0.2) is 0 Å². The molecule has 9 aromatic carbocycles. The maximum atomic E-state index is 6.89. The van der Waals surface area contributed by atoms with Crippen molar-refractivity contribution in [1.82, 2.24) is 14.1 Å². The number of pyridine rings is 1. The Morgan fingerprint density at radius 1 is 0.415 bits per heavy atom. The molecule has 0 saturated carbocycles. The molecule has 0 N–H and O–H groups in total. The first-order valence-corrected chi connectivity index (χ1v) is 28.5. The van der Waals surface area contributed by atoms with Crippen LogP contribution in [0.5, 0.6) is 11.5 Å². The van der Waals surface area contributed by atoms with Crippen molar-refractivity contribution >= 4 is 76.5 Å². The number of fused-ring (bicyclic) bond motifs is 10. The summed E-state index contributed by atoms with van der Waals surface area (Å²) in [7, 11) is 0. The molecule has 82 heavy (non-hydrogen) atoms. The van der Waals surface area contributed by atoms with Crippen molar-refractivity contribution in [2.75, 3.05) is 4.90 Å². The molecule has 0 aliphatic carbocycles. The molecule has 1 aliphatic rings. The molecule has 12 aromatic rings. The molecule has 412 valence electrons. The molecule has 13 rings (SSSR count). The molecule has 3 aromatic heterocycles. The number of anilines is 2. The van der Waals surface area contributed by atoms with E-state index in [2.05, 4.69) is 292 Å². The molecule has 0 unspecified atom stereocenters. The largest absolute Gasteiger partial charge is 0.509 e. The van der Waals surface area contributed by atoms with Crippen LogP contribution in [0.1, 0.15) is 105 Å². The van der Waals surface area contributed by atoms with Gasteiger partial charge in [-0.2, -0.15) is 12.1 Å². The van der Waals surface area contributed by atoms with Crippen LogP contribution in [0.15, 0.2) is 194 Å². The number of aromatic nitrogens is 3. The monoisotopic (exact) mass is 1250 g/mol. The van der Waals surface area contributed by atoms with Gasteiger partial charge in [-0.3, -0.25) is 0 Å². The maximum absolute atomic E-state index is 6.89. The Labute approximate surface area is 497 Å². The van der Waals surface area contributed by atoms with Gasteiger partial charge in [-0.15, -0.1) is 35.7 Å². The van der Waals surface area contributed by atoms with Crippen LogP contribution in [0.3, 0.4) is 0 Å². The smallest absolute Gasteiger partial charge is 0.135 e.